The van der Waals surface area contributed by atoms with Gasteiger partial charge < -0.3 is 39.1 Å². The van der Waals surface area contributed by atoms with Crippen LogP contribution in [0.15, 0.2) is 133 Å². The van der Waals surface area contributed by atoms with Gasteiger partial charge in [-0.15, -0.1) is 0 Å². The summed E-state index contributed by atoms with van der Waals surface area (Å²) in [5.74, 6) is 4.14. The van der Waals surface area contributed by atoms with E-state index in [1.54, 1.807) is 24.3 Å². The summed E-state index contributed by atoms with van der Waals surface area (Å²) in [5.41, 5.74) is 4.16. The fraction of sp³-hybridized carbons (Fsp3) is 0.286. The minimum absolute atomic E-state index is 0.0666. The molecule has 392 valence electrons. The number of carbonyl (C=O) groups is 2. The van der Waals surface area contributed by atoms with E-state index in [4.69, 9.17) is 35.5 Å². The minimum atomic E-state index is -4.42. The van der Waals surface area contributed by atoms with Gasteiger partial charge in [-0.05, 0) is 146 Å². The van der Waals surface area contributed by atoms with Gasteiger partial charge in [0.1, 0.15) is 24.9 Å². The summed E-state index contributed by atoms with van der Waals surface area (Å²) in [7, 11) is 2.84. The predicted molar refractivity (Wildman–Crippen MR) is 273 cm³/mol. The molecule has 12 nitrogen and oxygen atoms in total. The number of H-pyrrole nitrogens is 2. The van der Waals surface area contributed by atoms with E-state index in [9.17, 15) is 35.9 Å². The Kier molecular flexibility index (Phi) is 17.3. The van der Waals surface area contributed by atoms with Crippen molar-refractivity contribution < 1.29 is 54.9 Å². The molecule has 2 saturated heterocycles. The van der Waals surface area contributed by atoms with E-state index < -0.39 is 28.7 Å². The van der Waals surface area contributed by atoms with Crippen LogP contribution in [0.1, 0.15) is 92.1 Å². The van der Waals surface area contributed by atoms with Gasteiger partial charge >= 0.3 is 12.4 Å². The highest BCUT2D eigenvalue weighted by Crippen LogP contribution is 2.35. The molecule has 0 bridgehead atoms. The highest BCUT2D eigenvalue weighted by molar-refractivity contribution is 6.67. The van der Waals surface area contributed by atoms with Crippen LogP contribution in [0, 0.1) is 0 Å². The number of methoxy groups -OCH3 is 2. The number of aromatic nitrogens is 4. The maximum absolute atomic E-state index is 13.2. The smallest absolute Gasteiger partial charge is 0.416 e. The lowest BCUT2D eigenvalue weighted by molar-refractivity contribution is -0.138. The molecule has 19 heteroatoms. The Morgan fingerprint density at radius 3 is 1.48 bits per heavy atom. The first kappa shape index (κ1) is 53.7. The molecular formula is C56H53ClF6N6O6. The van der Waals surface area contributed by atoms with Crippen molar-refractivity contribution in [3.8, 4) is 23.0 Å². The number of hydrogen-bond donors (Lipinski definition) is 3. The summed E-state index contributed by atoms with van der Waals surface area (Å²) in [6.45, 7) is 3.30. The number of imidazole rings is 2. The molecule has 10 rings (SSSR count). The zero-order valence-corrected chi connectivity index (χ0v) is 41.6. The number of carbonyl (C=O) groups excluding carboxylic acids is 2. The van der Waals surface area contributed by atoms with Gasteiger partial charge in [-0.1, -0.05) is 48.5 Å². The van der Waals surface area contributed by atoms with Crippen LogP contribution in [-0.2, 0) is 25.6 Å². The number of piperidine rings is 2. The van der Waals surface area contributed by atoms with Crippen molar-refractivity contribution in [1.82, 2.24) is 30.2 Å². The maximum atomic E-state index is 13.2. The number of nitrogens with one attached hydrogen (secondary N) is 3. The van der Waals surface area contributed by atoms with Crippen LogP contribution < -0.4 is 24.3 Å². The number of benzene rings is 6. The molecule has 0 unspecified atom stereocenters. The zero-order chi connectivity index (χ0) is 53.1. The van der Waals surface area contributed by atoms with Gasteiger partial charge in [0.15, 0.2) is 23.0 Å². The molecule has 0 atom stereocenters. The Hall–Kier alpha value is -7.57. The number of para-hydroxylation sites is 4. The minimum Gasteiger partial charge on any atom is -0.493 e. The van der Waals surface area contributed by atoms with E-state index in [2.05, 4.69) is 32.4 Å². The predicted octanol–water partition coefficient (Wildman–Crippen LogP) is 12.9. The van der Waals surface area contributed by atoms with Gasteiger partial charge in [0.25, 0.3) is 11.1 Å². The van der Waals surface area contributed by atoms with Crippen LogP contribution in [0.4, 0.5) is 26.3 Å². The van der Waals surface area contributed by atoms with Crippen LogP contribution in [0.2, 0.25) is 0 Å². The molecule has 0 saturated carbocycles. The van der Waals surface area contributed by atoms with Gasteiger partial charge in [-0.2, -0.15) is 26.3 Å². The molecule has 0 radical (unpaired) electrons. The zero-order valence-electron chi connectivity index (χ0n) is 40.9. The lowest BCUT2D eigenvalue weighted by Crippen LogP contribution is -2.38. The lowest BCUT2D eigenvalue weighted by atomic mass is 9.95. The largest absolute Gasteiger partial charge is 0.493 e. The Bertz CT molecular complexity index is 3150. The maximum Gasteiger partial charge on any atom is 0.416 e. The molecular weight excluding hydrogens is 1000 g/mol. The van der Waals surface area contributed by atoms with Crippen molar-refractivity contribution in [2.24, 2.45) is 0 Å². The number of likely N-dealkylation sites (tertiary alicyclic amines) is 1. The van der Waals surface area contributed by atoms with Crippen LogP contribution >= 0.6 is 11.6 Å². The van der Waals surface area contributed by atoms with E-state index in [0.717, 1.165) is 83.9 Å². The number of fused-ring (bicyclic) bond motifs is 2. The van der Waals surface area contributed by atoms with Crippen molar-refractivity contribution in [3.63, 3.8) is 0 Å². The molecule has 3 N–H and O–H groups in total. The number of ether oxygens (including phenoxy) is 4. The van der Waals surface area contributed by atoms with Crippen LogP contribution in [0.25, 0.3) is 22.1 Å². The summed E-state index contributed by atoms with van der Waals surface area (Å²) < 4.78 is 98.6. The molecule has 2 aliphatic heterocycles. The van der Waals surface area contributed by atoms with Crippen molar-refractivity contribution in [1.29, 1.82) is 0 Å². The first-order valence-electron chi connectivity index (χ1n) is 24.1. The SMILES string of the molecule is COc1cc(C(=O)Cl)ccc1OCc1cccc(C(F)(F)F)c1.COc1cc(C(=O)N2CCC(c3nc4ccccc4[nH]3)CC2)ccc1OCc1cccc(C(F)(F)F)c1.c1ccc2[nH]c(C3CCNCC3)nc2c1. The molecule has 2 fully saturated rings. The summed E-state index contributed by atoms with van der Waals surface area (Å²) >= 11 is 5.38. The first-order chi connectivity index (χ1) is 36.1. The molecule has 0 aliphatic carbocycles. The molecule has 8 aromatic rings. The second kappa shape index (κ2) is 24.2. The standard InChI is InChI=1S/C28H26F3N3O3.C16H12ClF3O3.C12H15N3/c1-36-25-16-20(9-10-24(25)37-17-18-5-4-6-21(15-18)28(29,30)31)27(35)34-13-11-19(12-14-34)26-32-22-7-2-3-8-23(22)33-26;1-22-14-8-11(15(17)21)5-6-13(14)23-9-10-3-2-4-12(7-10)16(18,19)20;1-2-4-11-10(3-1)14-12(15-11)9-5-7-13-8-6-9/h2-10,15-16,19H,11-14,17H2,1H3,(H,32,33);2-8H,9H2,1H3;1-4,9,13H,5-8H2,(H,14,15). The number of rotatable bonds is 12. The Balaban J connectivity index is 0.000000166. The molecule has 2 aromatic heterocycles. The Morgan fingerprint density at radius 1 is 0.573 bits per heavy atom. The van der Waals surface area contributed by atoms with Crippen molar-refractivity contribution in [3.05, 3.63) is 178 Å². The number of amides is 1. The molecule has 4 heterocycles. The Morgan fingerprint density at radius 2 is 1.03 bits per heavy atom. The average molecular weight is 1060 g/mol. The highest BCUT2D eigenvalue weighted by Gasteiger charge is 2.32. The normalized spacial score (nSPS) is 14.3. The van der Waals surface area contributed by atoms with Gasteiger partial charge in [0.2, 0.25) is 0 Å². The monoisotopic (exact) mass is 1050 g/mol. The van der Waals surface area contributed by atoms with E-state index in [-0.39, 0.29) is 36.4 Å². The Labute approximate surface area is 433 Å². The lowest BCUT2D eigenvalue weighted by Gasteiger charge is -2.31. The summed E-state index contributed by atoms with van der Waals surface area (Å²) in [4.78, 5) is 42.3. The quantitative estimate of drug-likeness (QED) is 0.0805. The van der Waals surface area contributed by atoms with Crippen molar-refractivity contribution in [2.45, 2.75) is 63.1 Å². The second-order valence-electron chi connectivity index (χ2n) is 17.8. The molecule has 6 aromatic carbocycles. The number of alkyl halides is 6. The third-order valence-corrected chi connectivity index (χ3v) is 13.0. The number of halogens is 7. The van der Waals surface area contributed by atoms with Crippen LogP contribution in [0.3, 0.4) is 0 Å². The topological polar surface area (TPSA) is 144 Å². The number of aromatic amines is 2. The fourth-order valence-electron chi connectivity index (χ4n) is 8.79. The third kappa shape index (κ3) is 14.0. The fourth-order valence-corrected chi connectivity index (χ4v) is 8.91. The third-order valence-electron chi connectivity index (χ3n) is 12.8. The van der Waals surface area contributed by atoms with Gasteiger partial charge in [0.05, 0.1) is 47.4 Å². The van der Waals surface area contributed by atoms with E-state index in [1.165, 1.54) is 63.5 Å². The summed E-state index contributed by atoms with van der Waals surface area (Å²) in [6, 6.07) is 35.2. The average Bonchev–Trinajstić information content (AvgIpc) is 4.08. The highest BCUT2D eigenvalue weighted by atomic mass is 35.5. The van der Waals surface area contributed by atoms with E-state index in [0.29, 0.717) is 52.9 Å². The van der Waals surface area contributed by atoms with E-state index >= 15 is 0 Å². The second-order valence-corrected chi connectivity index (χ2v) is 18.2. The van der Waals surface area contributed by atoms with Gasteiger partial charge in [-0.3, -0.25) is 9.59 Å². The number of hydrogen-bond acceptors (Lipinski definition) is 9. The van der Waals surface area contributed by atoms with Crippen molar-refractivity contribution >= 4 is 44.8 Å². The van der Waals surface area contributed by atoms with Crippen molar-refractivity contribution in [2.75, 3.05) is 40.4 Å². The first-order valence-corrected chi connectivity index (χ1v) is 24.5. The molecule has 1 amide bonds. The molecule has 2 aliphatic rings. The molecule has 0 spiro atoms. The van der Waals surface area contributed by atoms with E-state index in [1.807, 2.05) is 41.3 Å². The summed E-state index contributed by atoms with van der Waals surface area (Å²) in [5, 5.41) is 2.73. The molecule has 75 heavy (non-hydrogen) atoms. The van der Waals surface area contributed by atoms with Crippen LogP contribution in [-0.4, -0.2) is 76.4 Å². The summed E-state index contributed by atoms with van der Waals surface area (Å²) in [6.07, 6.45) is -4.83. The van der Waals surface area contributed by atoms with Gasteiger partial charge in [-0.25, -0.2) is 9.97 Å². The van der Waals surface area contributed by atoms with Gasteiger partial charge in [0, 0.05) is 36.1 Å². The van der Waals surface area contributed by atoms with Crippen LogP contribution in [0.5, 0.6) is 23.0 Å². The number of nitrogens with zero attached hydrogens (tertiary/aromatic N) is 3.